The van der Waals surface area contributed by atoms with Crippen LogP contribution in [-0.2, 0) is 4.79 Å². The van der Waals surface area contributed by atoms with Crippen molar-refractivity contribution in [3.8, 4) is 5.75 Å². The number of ether oxygens (including phenoxy) is 1. The molecule has 4 nitrogen and oxygen atoms in total. The highest BCUT2D eigenvalue weighted by Gasteiger charge is 2.31. The summed E-state index contributed by atoms with van der Waals surface area (Å²) in [5, 5.41) is 3.82. The highest BCUT2D eigenvalue weighted by Crippen LogP contribution is 2.34. The van der Waals surface area contributed by atoms with E-state index in [4.69, 9.17) is 45.3 Å². The molecule has 1 amide bonds. The van der Waals surface area contributed by atoms with Gasteiger partial charge in [-0.05, 0) is 24.8 Å². The number of benzene rings is 1. The molecule has 0 spiro atoms. The van der Waals surface area contributed by atoms with Crippen LogP contribution in [0.5, 0.6) is 5.75 Å². The lowest BCUT2D eigenvalue weighted by Gasteiger charge is -2.16. The van der Waals surface area contributed by atoms with E-state index in [0.29, 0.717) is 33.3 Å². The van der Waals surface area contributed by atoms with E-state index in [1.54, 1.807) is 0 Å². The second kappa shape index (κ2) is 8.30. The summed E-state index contributed by atoms with van der Waals surface area (Å²) in [6.07, 6.45) is 2.23. The molecule has 1 unspecified atom stereocenters. The molecule has 0 aliphatic heterocycles. The van der Waals surface area contributed by atoms with Gasteiger partial charge in [-0.2, -0.15) is 0 Å². The average Bonchev–Trinajstić information content (AvgIpc) is 3.23. The molecule has 0 saturated heterocycles. The monoisotopic (exact) mass is 372 g/mol. The molecular weight excluding hydrogens is 358 g/mol. The molecule has 0 heterocycles. The van der Waals surface area contributed by atoms with Crippen LogP contribution in [0.2, 0.25) is 15.1 Å². The molecule has 0 bridgehead atoms. The number of halogens is 4. The van der Waals surface area contributed by atoms with Gasteiger partial charge in [0.05, 0.1) is 15.1 Å². The SMILES string of the molecule is Cl.NCC(NC(=O)COc1cc(Cl)c(Cl)cc1Cl)C1CC1. The molecule has 0 radical (unpaired) electrons. The van der Waals surface area contributed by atoms with E-state index in [1.807, 2.05) is 0 Å². The van der Waals surface area contributed by atoms with Crippen LogP contribution >= 0.6 is 47.2 Å². The van der Waals surface area contributed by atoms with Gasteiger partial charge in [0.2, 0.25) is 0 Å². The van der Waals surface area contributed by atoms with Crippen molar-refractivity contribution < 1.29 is 9.53 Å². The molecule has 1 aromatic carbocycles. The number of hydrogen-bond donors (Lipinski definition) is 2. The zero-order chi connectivity index (χ0) is 14.7. The van der Waals surface area contributed by atoms with Gasteiger partial charge in [0.25, 0.3) is 5.91 Å². The van der Waals surface area contributed by atoms with Crippen LogP contribution in [0.3, 0.4) is 0 Å². The van der Waals surface area contributed by atoms with Crippen molar-refractivity contribution in [2.75, 3.05) is 13.2 Å². The molecule has 1 aliphatic carbocycles. The van der Waals surface area contributed by atoms with Gasteiger partial charge >= 0.3 is 0 Å². The molecule has 118 valence electrons. The normalized spacial score (nSPS) is 15.0. The zero-order valence-electron chi connectivity index (χ0n) is 11.1. The van der Waals surface area contributed by atoms with Crippen molar-refractivity contribution in [2.24, 2.45) is 11.7 Å². The maximum absolute atomic E-state index is 11.8. The third kappa shape index (κ3) is 5.38. The molecule has 1 fully saturated rings. The first-order chi connectivity index (χ1) is 9.51. The van der Waals surface area contributed by atoms with Crippen molar-refractivity contribution >= 4 is 53.1 Å². The lowest BCUT2D eigenvalue weighted by Crippen LogP contribution is -2.43. The van der Waals surface area contributed by atoms with Gasteiger partial charge in [-0.25, -0.2) is 0 Å². The van der Waals surface area contributed by atoms with Crippen LogP contribution in [0, 0.1) is 5.92 Å². The first-order valence-electron chi connectivity index (χ1n) is 6.28. The maximum Gasteiger partial charge on any atom is 0.258 e. The lowest BCUT2D eigenvalue weighted by atomic mass is 10.2. The molecule has 1 saturated carbocycles. The van der Waals surface area contributed by atoms with E-state index in [0.717, 1.165) is 12.8 Å². The van der Waals surface area contributed by atoms with Crippen LogP contribution in [0.15, 0.2) is 12.1 Å². The standard InChI is InChI=1S/C13H15Cl3N2O2.ClH/c14-8-3-10(16)12(4-9(8)15)20-6-13(19)18-11(5-17)7-1-2-7;/h3-4,7,11H,1-2,5-6,17H2,(H,18,19);1H. The van der Waals surface area contributed by atoms with Crippen LogP contribution in [0.25, 0.3) is 0 Å². The fraction of sp³-hybridized carbons (Fsp3) is 0.462. The highest BCUT2D eigenvalue weighted by molar-refractivity contribution is 6.43. The van der Waals surface area contributed by atoms with Gasteiger partial charge < -0.3 is 15.8 Å². The molecule has 2 rings (SSSR count). The van der Waals surface area contributed by atoms with Gasteiger partial charge in [-0.15, -0.1) is 12.4 Å². The summed E-state index contributed by atoms with van der Waals surface area (Å²) in [6.45, 7) is 0.296. The predicted molar refractivity (Wildman–Crippen MR) is 87.9 cm³/mol. The molecule has 21 heavy (non-hydrogen) atoms. The molecular formula is C13H16Cl4N2O2. The minimum absolute atomic E-state index is 0. The third-order valence-corrected chi connectivity index (χ3v) is 4.14. The summed E-state index contributed by atoms with van der Waals surface area (Å²) in [7, 11) is 0. The number of hydrogen-bond acceptors (Lipinski definition) is 3. The average molecular weight is 374 g/mol. The summed E-state index contributed by atoms with van der Waals surface area (Å²) in [4.78, 5) is 11.8. The smallest absolute Gasteiger partial charge is 0.258 e. The minimum Gasteiger partial charge on any atom is -0.482 e. The summed E-state index contributed by atoms with van der Waals surface area (Å²) in [5.74, 6) is 0.596. The summed E-state index contributed by atoms with van der Waals surface area (Å²) >= 11 is 17.6. The Kier molecular flexibility index (Phi) is 7.37. The van der Waals surface area contributed by atoms with Gasteiger partial charge in [0.1, 0.15) is 5.75 Å². The van der Waals surface area contributed by atoms with Crippen molar-refractivity contribution in [1.82, 2.24) is 5.32 Å². The first-order valence-corrected chi connectivity index (χ1v) is 7.41. The van der Waals surface area contributed by atoms with Gasteiger partial charge in [0, 0.05) is 18.7 Å². The molecule has 8 heteroatoms. The van der Waals surface area contributed by atoms with Gasteiger partial charge in [-0.1, -0.05) is 34.8 Å². The Labute approximate surface area is 144 Å². The maximum atomic E-state index is 11.8. The molecule has 1 aromatic rings. The summed E-state index contributed by atoms with van der Waals surface area (Å²) in [6, 6.07) is 2.99. The molecule has 1 aliphatic rings. The Morgan fingerprint density at radius 3 is 2.48 bits per heavy atom. The summed E-state index contributed by atoms with van der Waals surface area (Å²) < 4.78 is 5.35. The number of carbonyl (C=O) groups is 1. The van der Waals surface area contributed by atoms with Crippen LogP contribution in [0.4, 0.5) is 0 Å². The van der Waals surface area contributed by atoms with Gasteiger partial charge in [0.15, 0.2) is 6.61 Å². The Morgan fingerprint density at radius 1 is 1.29 bits per heavy atom. The minimum atomic E-state index is -0.227. The number of amides is 1. The van der Waals surface area contributed by atoms with Crippen LogP contribution in [0.1, 0.15) is 12.8 Å². The second-order valence-corrected chi connectivity index (χ2v) is 5.95. The van der Waals surface area contributed by atoms with E-state index in [1.165, 1.54) is 12.1 Å². The topological polar surface area (TPSA) is 64.3 Å². The zero-order valence-corrected chi connectivity index (χ0v) is 14.2. The number of carbonyl (C=O) groups excluding carboxylic acids is 1. The Bertz CT molecular complexity index is 509. The molecule has 3 N–H and O–H groups in total. The van der Waals surface area contributed by atoms with E-state index in [-0.39, 0.29) is 31.0 Å². The number of nitrogens with one attached hydrogen (secondary N) is 1. The quantitative estimate of drug-likeness (QED) is 0.752. The Morgan fingerprint density at radius 2 is 1.90 bits per heavy atom. The predicted octanol–water partition coefficient (Wildman–Crippen LogP) is 3.30. The molecule has 1 atom stereocenters. The van der Waals surface area contributed by atoms with E-state index < -0.39 is 0 Å². The van der Waals surface area contributed by atoms with Crippen LogP contribution in [-0.4, -0.2) is 25.1 Å². The largest absolute Gasteiger partial charge is 0.482 e. The number of nitrogens with two attached hydrogens (primary N) is 1. The lowest BCUT2D eigenvalue weighted by molar-refractivity contribution is -0.123. The van der Waals surface area contributed by atoms with E-state index >= 15 is 0 Å². The summed E-state index contributed by atoms with van der Waals surface area (Å²) in [5.41, 5.74) is 5.62. The molecule has 0 aromatic heterocycles. The Balaban J connectivity index is 0.00000220. The van der Waals surface area contributed by atoms with Crippen molar-refractivity contribution in [3.63, 3.8) is 0 Å². The van der Waals surface area contributed by atoms with Gasteiger partial charge in [-0.3, -0.25) is 4.79 Å². The Hall–Kier alpha value is -0.390. The van der Waals surface area contributed by atoms with Crippen molar-refractivity contribution in [1.29, 1.82) is 0 Å². The third-order valence-electron chi connectivity index (χ3n) is 3.12. The fourth-order valence-corrected chi connectivity index (χ4v) is 2.47. The van der Waals surface area contributed by atoms with Crippen molar-refractivity contribution in [3.05, 3.63) is 27.2 Å². The fourth-order valence-electron chi connectivity index (χ4n) is 1.87. The van der Waals surface area contributed by atoms with Crippen molar-refractivity contribution in [2.45, 2.75) is 18.9 Å². The second-order valence-electron chi connectivity index (χ2n) is 4.73. The first kappa shape index (κ1) is 18.7. The highest BCUT2D eigenvalue weighted by atomic mass is 35.5. The number of rotatable bonds is 6. The van der Waals surface area contributed by atoms with E-state index in [9.17, 15) is 4.79 Å². The van der Waals surface area contributed by atoms with Crippen LogP contribution < -0.4 is 15.8 Å². The van der Waals surface area contributed by atoms with E-state index in [2.05, 4.69) is 5.32 Å².